The molecule has 0 aliphatic heterocycles. The number of nitrogens with zero attached hydrogens (tertiary/aromatic N) is 1. The number of hydrogen-bond acceptors (Lipinski definition) is 8. The van der Waals surface area contributed by atoms with Crippen molar-refractivity contribution in [1.29, 1.82) is 0 Å². The summed E-state index contributed by atoms with van der Waals surface area (Å²) in [6.07, 6.45) is 1.86. The van der Waals surface area contributed by atoms with Crippen molar-refractivity contribution in [3.8, 4) is 0 Å². The van der Waals surface area contributed by atoms with E-state index in [1.54, 1.807) is 24.6 Å². The van der Waals surface area contributed by atoms with E-state index in [4.69, 9.17) is 16.2 Å². The van der Waals surface area contributed by atoms with Crippen LogP contribution in [0.3, 0.4) is 0 Å². The van der Waals surface area contributed by atoms with Crippen LogP contribution in [0.2, 0.25) is 0 Å². The van der Waals surface area contributed by atoms with Gasteiger partial charge in [-0.05, 0) is 26.2 Å². The van der Waals surface area contributed by atoms with Crippen molar-refractivity contribution in [2.45, 2.75) is 59.4 Å². The largest absolute Gasteiger partial charge is 0.465 e. The number of nitrogens with one attached hydrogen (secondary N) is 1. The van der Waals surface area contributed by atoms with Crippen molar-refractivity contribution >= 4 is 51.0 Å². The van der Waals surface area contributed by atoms with E-state index in [1.165, 1.54) is 24.6 Å². The summed E-state index contributed by atoms with van der Waals surface area (Å²) in [7, 11) is 3.01. The van der Waals surface area contributed by atoms with E-state index in [0.29, 0.717) is 38.2 Å². The Balaban J connectivity index is 4.47. The fourth-order valence-electron chi connectivity index (χ4n) is 2.47. The second-order valence-electron chi connectivity index (χ2n) is 7.46. The van der Waals surface area contributed by atoms with Crippen LogP contribution in [0.5, 0.6) is 0 Å². The molecule has 5 N–H and O–H groups in total. The Hall–Kier alpha value is -1.75. The summed E-state index contributed by atoms with van der Waals surface area (Å²) >= 11 is 0. The standard InChI is InChI=1S/C20H36N4O5S2/c1-13(2)19(28)29-9-6-10-30-31-12-17(24-15(4)26)18(27)11-16(14(3)25)7-5-8-23-20(21)22/h13,16-17H,5-12H2,1-4H3,(H,24,26)(H4,21,22,23)/t16-,17+/m0/s1. The number of aliphatic imine (C=N–C) groups is 1. The molecule has 0 aliphatic rings. The molecule has 0 aromatic heterocycles. The van der Waals surface area contributed by atoms with Gasteiger partial charge in [-0.1, -0.05) is 35.4 Å². The number of amides is 1. The minimum atomic E-state index is -0.659. The smallest absolute Gasteiger partial charge is 0.308 e. The fourth-order valence-corrected chi connectivity index (χ4v) is 4.73. The van der Waals surface area contributed by atoms with Crippen LogP contribution in [0.15, 0.2) is 4.99 Å². The first-order valence-corrected chi connectivity index (χ1v) is 12.8. The van der Waals surface area contributed by atoms with Gasteiger partial charge in [0.15, 0.2) is 11.7 Å². The van der Waals surface area contributed by atoms with E-state index in [9.17, 15) is 19.2 Å². The number of carbonyl (C=O) groups is 4. The number of rotatable bonds is 17. The number of ketones is 2. The highest BCUT2D eigenvalue weighted by Gasteiger charge is 2.25. The van der Waals surface area contributed by atoms with Crippen molar-refractivity contribution in [2.75, 3.05) is 24.7 Å². The molecule has 0 radical (unpaired) electrons. The first kappa shape index (κ1) is 29.2. The molecule has 0 heterocycles. The van der Waals surface area contributed by atoms with Crippen molar-refractivity contribution in [3.63, 3.8) is 0 Å². The molecule has 1 amide bonds. The van der Waals surface area contributed by atoms with Gasteiger partial charge >= 0.3 is 5.97 Å². The van der Waals surface area contributed by atoms with E-state index >= 15 is 0 Å². The highest BCUT2D eigenvalue weighted by atomic mass is 33.1. The number of nitrogens with two attached hydrogens (primary N) is 2. The summed E-state index contributed by atoms with van der Waals surface area (Å²) in [6.45, 7) is 7.15. The van der Waals surface area contributed by atoms with Gasteiger partial charge in [0.1, 0.15) is 5.78 Å². The average Bonchev–Trinajstić information content (AvgIpc) is 2.67. The van der Waals surface area contributed by atoms with E-state index in [1.807, 2.05) is 0 Å². The van der Waals surface area contributed by atoms with Gasteiger partial charge in [-0.2, -0.15) is 0 Å². The van der Waals surface area contributed by atoms with Gasteiger partial charge in [0, 0.05) is 37.3 Å². The molecule has 0 saturated carbocycles. The van der Waals surface area contributed by atoms with Crippen LogP contribution in [0.1, 0.15) is 53.4 Å². The second-order valence-corrected chi connectivity index (χ2v) is 10.1. The third-order valence-electron chi connectivity index (χ3n) is 4.20. The number of carbonyl (C=O) groups excluding carboxylic acids is 4. The van der Waals surface area contributed by atoms with Gasteiger partial charge in [-0.25, -0.2) is 0 Å². The van der Waals surface area contributed by atoms with E-state index < -0.39 is 12.0 Å². The molecule has 0 aromatic carbocycles. The van der Waals surface area contributed by atoms with Crippen LogP contribution in [0, 0.1) is 11.8 Å². The van der Waals surface area contributed by atoms with Gasteiger partial charge < -0.3 is 21.5 Å². The van der Waals surface area contributed by atoms with Gasteiger partial charge in [0.25, 0.3) is 0 Å². The average molecular weight is 477 g/mol. The normalized spacial score (nSPS) is 12.7. The molecular formula is C20H36N4O5S2. The Morgan fingerprint density at radius 1 is 1.06 bits per heavy atom. The number of Topliss-reactive ketones (excluding diaryl/α,β-unsaturated/α-hetero) is 2. The lowest BCUT2D eigenvalue weighted by atomic mass is 9.91. The topological polar surface area (TPSA) is 154 Å². The van der Waals surface area contributed by atoms with Crippen LogP contribution in [0.25, 0.3) is 0 Å². The molecule has 178 valence electrons. The zero-order valence-electron chi connectivity index (χ0n) is 18.8. The number of esters is 1. The highest BCUT2D eigenvalue weighted by molar-refractivity contribution is 8.76. The van der Waals surface area contributed by atoms with Gasteiger partial charge in [-0.15, -0.1) is 0 Å². The molecule has 11 heteroatoms. The van der Waals surface area contributed by atoms with Crippen LogP contribution >= 0.6 is 21.6 Å². The number of ether oxygens (including phenoxy) is 1. The SMILES string of the molecule is CC(=O)N[C@H](CSSCCCOC(=O)C(C)C)C(=O)C[C@H](CCCN=C(N)N)C(C)=O. The Morgan fingerprint density at radius 3 is 2.29 bits per heavy atom. The first-order valence-electron chi connectivity index (χ1n) is 10.3. The number of hydrogen-bond donors (Lipinski definition) is 3. The molecule has 0 saturated heterocycles. The molecular weight excluding hydrogens is 440 g/mol. The van der Waals surface area contributed by atoms with Crippen LogP contribution < -0.4 is 16.8 Å². The molecule has 0 bridgehead atoms. The van der Waals surface area contributed by atoms with Crippen molar-refractivity contribution in [1.82, 2.24) is 5.32 Å². The summed E-state index contributed by atoms with van der Waals surface area (Å²) in [5, 5.41) is 2.68. The Kier molecular flexibility index (Phi) is 15.9. The fraction of sp³-hybridized carbons (Fsp3) is 0.750. The summed E-state index contributed by atoms with van der Waals surface area (Å²) in [6, 6.07) is -0.659. The zero-order valence-corrected chi connectivity index (χ0v) is 20.5. The summed E-state index contributed by atoms with van der Waals surface area (Å²) in [5.41, 5.74) is 10.6. The third kappa shape index (κ3) is 15.7. The van der Waals surface area contributed by atoms with Crippen molar-refractivity contribution < 1.29 is 23.9 Å². The minimum Gasteiger partial charge on any atom is -0.465 e. The molecule has 0 aromatic rings. The van der Waals surface area contributed by atoms with Crippen molar-refractivity contribution in [3.05, 3.63) is 0 Å². The maximum Gasteiger partial charge on any atom is 0.308 e. The second kappa shape index (κ2) is 16.9. The Bertz CT molecular complexity index is 625. The minimum absolute atomic E-state index is 0.00576. The molecule has 0 unspecified atom stereocenters. The first-order chi connectivity index (χ1) is 14.5. The molecule has 0 rings (SSSR count). The predicted molar refractivity (Wildman–Crippen MR) is 127 cm³/mol. The molecule has 2 atom stereocenters. The maximum atomic E-state index is 12.7. The molecule has 0 spiro atoms. The van der Waals surface area contributed by atoms with Gasteiger partial charge in [0.2, 0.25) is 5.91 Å². The zero-order chi connectivity index (χ0) is 23.8. The van der Waals surface area contributed by atoms with E-state index in [2.05, 4.69) is 10.3 Å². The van der Waals surface area contributed by atoms with Gasteiger partial charge in [0.05, 0.1) is 18.6 Å². The lowest BCUT2D eigenvalue weighted by Gasteiger charge is -2.19. The highest BCUT2D eigenvalue weighted by Crippen LogP contribution is 2.24. The van der Waals surface area contributed by atoms with E-state index in [-0.39, 0.29) is 41.7 Å². The maximum absolute atomic E-state index is 12.7. The number of guanidine groups is 1. The molecule has 31 heavy (non-hydrogen) atoms. The monoisotopic (exact) mass is 476 g/mol. The van der Waals surface area contributed by atoms with Crippen LogP contribution in [-0.4, -0.2) is 60.1 Å². The van der Waals surface area contributed by atoms with Crippen LogP contribution in [0.4, 0.5) is 0 Å². The van der Waals surface area contributed by atoms with Crippen LogP contribution in [-0.2, 0) is 23.9 Å². The molecule has 0 aliphatic carbocycles. The lowest BCUT2D eigenvalue weighted by molar-refractivity contribution is -0.147. The molecule has 0 fully saturated rings. The molecule has 9 nitrogen and oxygen atoms in total. The predicted octanol–water partition coefficient (Wildman–Crippen LogP) is 1.68. The summed E-state index contributed by atoms with van der Waals surface area (Å²) < 4.78 is 5.11. The summed E-state index contributed by atoms with van der Waals surface area (Å²) in [5.74, 6) is -0.180. The van der Waals surface area contributed by atoms with Crippen molar-refractivity contribution in [2.24, 2.45) is 28.3 Å². The Labute approximate surface area is 192 Å². The third-order valence-corrected chi connectivity index (χ3v) is 6.70. The summed E-state index contributed by atoms with van der Waals surface area (Å²) in [4.78, 5) is 51.4. The quantitative estimate of drug-likeness (QED) is 0.0935. The van der Waals surface area contributed by atoms with Gasteiger partial charge in [-0.3, -0.25) is 24.2 Å². The Morgan fingerprint density at radius 2 is 1.74 bits per heavy atom. The van der Waals surface area contributed by atoms with E-state index in [0.717, 1.165) is 5.75 Å². The lowest BCUT2D eigenvalue weighted by Crippen LogP contribution is -2.42.